The topological polar surface area (TPSA) is 87.3 Å². The van der Waals surface area contributed by atoms with Gasteiger partial charge >= 0.3 is 0 Å². The fourth-order valence-electron chi connectivity index (χ4n) is 1.45. The van der Waals surface area contributed by atoms with Gasteiger partial charge in [-0.15, -0.1) is 0 Å². The van der Waals surface area contributed by atoms with Crippen LogP contribution in [0.15, 0.2) is 29.2 Å². The van der Waals surface area contributed by atoms with Gasteiger partial charge in [-0.3, -0.25) is 4.79 Å². The molecule has 6 nitrogen and oxygen atoms in total. The van der Waals surface area contributed by atoms with Gasteiger partial charge in [0.15, 0.2) is 0 Å². The second-order valence-electron chi connectivity index (χ2n) is 3.84. The van der Waals surface area contributed by atoms with Crippen molar-refractivity contribution in [2.75, 3.05) is 26.7 Å². The molecule has 7 heteroatoms. The van der Waals surface area contributed by atoms with Gasteiger partial charge in [-0.05, 0) is 37.9 Å². The predicted octanol–water partition coefficient (Wildman–Crippen LogP) is -0.0660. The molecule has 0 saturated heterocycles. The van der Waals surface area contributed by atoms with Crippen LogP contribution in [-0.2, 0) is 10.0 Å². The summed E-state index contributed by atoms with van der Waals surface area (Å²) in [6, 6.07) is 5.80. The van der Waals surface area contributed by atoms with Crippen molar-refractivity contribution in [3.63, 3.8) is 0 Å². The van der Waals surface area contributed by atoms with Crippen molar-refractivity contribution in [2.45, 2.75) is 11.8 Å². The number of amides is 1. The van der Waals surface area contributed by atoms with Crippen LogP contribution in [0.4, 0.5) is 0 Å². The Morgan fingerprint density at radius 2 is 1.79 bits per heavy atom. The molecule has 3 N–H and O–H groups in total. The van der Waals surface area contributed by atoms with Crippen LogP contribution in [0.1, 0.15) is 17.3 Å². The quantitative estimate of drug-likeness (QED) is 0.612. The summed E-state index contributed by atoms with van der Waals surface area (Å²) in [4.78, 5) is 11.9. The van der Waals surface area contributed by atoms with Gasteiger partial charge in [-0.1, -0.05) is 6.92 Å². The maximum Gasteiger partial charge on any atom is 0.251 e. The van der Waals surface area contributed by atoms with Crippen LogP contribution in [0.25, 0.3) is 0 Å². The van der Waals surface area contributed by atoms with Gasteiger partial charge in [0, 0.05) is 18.7 Å². The highest BCUT2D eigenvalue weighted by atomic mass is 32.2. The van der Waals surface area contributed by atoms with Crippen molar-refractivity contribution in [1.29, 1.82) is 0 Å². The third kappa shape index (κ3) is 4.62. The van der Waals surface area contributed by atoms with E-state index >= 15 is 0 Å². The maximum absolute atomic E-state index is 11.7. The molecule has 0 unspecified atom stereocenters. The molecular weight excluding hydrogens is 266 g/mol. The average Bonchev–Trinajstić information content (AvgIpc) is 2.43. The largest absolute Gasteiger partial charge is 0.351 e. The van der Waals surface area contributed by atoms with Crippen molar-refractivity contribution < 1.29 is 13.2 Å². The molecule has 0 aliphatic carbocycles. The first-order valence-corrected chi connectivity index (χ1v) is 7.52. The van der Waals surface area contributed by atoms with E-state index in [2.05, 4.69) is 15.4 Å². The molecule has 106 valence electrons. The fourth-order valence-corrected chi connectivity index (χ4v) is 2.18. The molecule has 0 spiro atoms. The van der Waals surface area contributed by atoms with E-state index in [1.165, 1.54) is 31.3 Å². The maximum atomic E-state index is 11.7. The molecule has 0 fully saturated rings. The summed E-state index contributed by atoms with van der Waals surface area (Å²) in [6.07, 6.45) is 0. The molecule has 0 aliphatic heterocycles. The average molecular weight is 285 g/mol. The lowest BCUT2D eigenvalue weighted by atomic mass is 10.2. The zero-order chi connectivity index (χ0) is 14.3. The minimum atomic E-state index is -3.46. The monoisotopic (exact) mass is 285 g/mol. The number of hydrogen-bond donors (Lipinski definition) is 3. The van der Waals surface area contributed by atoms with E-state index < -0.39 is 10.0 Å². The first-order chi connectivity index (χ1) is 9.01. The molecule has 1 aromatic carbocycles. The fraction of sp³-hybridized carbons (Fsp3) is 0.417. The minimum Gasteiger partial charge on any atom is -0.351 e. The van der Waals surface area contributed by atoms with Crippen LogP contribution < -0.4 is 15.4 Å². The molecule has 1 aromatic rings. The summed E-state index contributed by atoms with van der Waals surface area (Å²) in [5, 5.41) is 5.83. The summed E-state index contributed by atoms with van der Waals surface area (Å²) >= 11 is 0. The summed E-state index contributed by atoms with van der Waals surface area (Å²) < 4.78 is 25.2. The zero-order valence-electron chi connectivity index (χ0n) is 11.1. The van der Waals surface area contributed by atoms with E-state index in [4.69, 9.17) is 0 Å². The lowest BCUT2D eigenvalue weighted by Gasteiger charge is -2.06. The molecule has 0 atom stereocenters. The van der Waals surface area contributed by atoms with Gasteiger partial charge in [-0.25, -0.2) is 13.1 Å². The van der Waals surface area contributed by atoms with Crippen LogP contribution in [0.3, 0.4) is 0 Å². The number of carbonyl (C=O) groups is 1. The lowest BCUT2D eigenvalue weighted by Crippen LogP contribution is -2.31. The Morgan fingerprint density at radius 1 is 1.16 bits per heavy atom. The number of likely N-dealkylation sites (N-methyl/N-ethyl adjacent to an activating group) is 1. The van der Waals surface area contributed by atoms with Crippen LogP contribution in [0.5, 0.6) is 0 Å². The van der Waals surface area contributed by atoms with Crippen molar-refractivity contribution in [2.24, 2.45) is 0 Å². The van der Waals surface area contributed by atoms with Gasteiger partial charge in [0.05, 0.1) is 4.90 Å². The normalized spacial score (nSPS) is 11.3. The summed E-state index contributed by atoms with van der Waals surface area (Å²) in [6.45, 7) is 4.08. The van der Waals surface area contributed by atoms with E-state index in [0.29, 0.717) is 18.7 Å². The highest BCUT2D eigenvalue weighted by molar-refractivity contribution is 7.89. The first kappa shape index (κ1) is 15.6. The van der Waals surface area contributed by atoms with E-state index in [-0.39, 0.29) is 10.8 Å². The Labute approximate surface area is 113 Å². The number of benzene rings is 1. The SMILES string of the molecule is CCNCCNC(=O)c1ccc(S(=O)(=O)NC)cc1. The van der Waals surface area contributed by atoms with Gasteiger partial charge in [-0.2, -0.15) is 0 Å². The third-order valence-corrected chi connectivity index (χ3v) is 3.96. The molecule has 0 bridgehead atoms. The first-order valence-electron chi connectivity index (χ1n) is 6.03. The molecule has 0 heterocycles. The van der Waals surface area contributed by atoms with Gasteiger partial charge in [0.25, 0.3) is 5.91 Å². The Balaban J connectivity index is 2.64. The highest BCUT2D eigenvalue weighted by Crippen LogP contribution is 2.09. The number of nitrogens with one attached hydrogen (secondary N) is 3. The van der Waals surface area contributed by atoms with Crippen LogP contribution in [0.2, 0.25) is 0 Å². The van der Waals surface area contributed by atoms with Crippen molar-refractivity contribution >= 4 is 15.9 Å². The summed E-state index contributed by atoms with van der Waals surface area (Å²) in [5.41, 5.74) is 0.437. The van der Waals surface area contributed by atoms with Crippen molar-refractivity contribution in [1.82, 2.24) is 15.4 Å². The minimum absolute atomic E-state index is 0.138. The van der Waals surface area contributed by atoms with Crippen LogP contribution >= 0.6 is 0 Å². The lowest BCUT2D eigenvalue weighted by molar-refractivity contribution is 0.0954. The van der Waals surface area contributed by atoms with Crippen LogP contribution in [-0.4, -0.2) is 41.0 Å². The predicted molar refractivity (Wildman–Crippen MR) is 73.6 cm³/mol. The van der Waals surface area contributed by atoms with Gasteiger partial charge in [0.1, 0.15) is 0 Å². The Morgan fingerprint density at radius 3 is 2.32 bits per heavy atom. The Hall–Kier alpha value is -1.44. The second-order valence-corrected chi connectivity index (χ2v) is 5.73. The smallest absolute Gasteiger partial charge is 0.251 e. The third-order valence-electron chi connectivity index (χ3n) is 2.53. The molecule has 19 heavy (non-hydrogen) atoms. The molecule has 1 amide bonds. The Kier molecular flexibility index (Phi) is 5.94. The number of hydrogen-bond acceptors (Lipinski definition) is 4. The summed E-state index contributed by atoms with van der Waals surface area (Å²) in [7, 11) is -2.11. The standard InChI is InChI=1S/C12H19N3O3S/c1-3-14-8-9-15-12(16)10-4-6-11(7-5-10)19(17,18)13-2/h4-7,13-14H,3,8-9H2,1-2H3,(H,15,16). The summed E-state index contributed by atoms with van der Waals surface area (Å²) in [5.74, 6) is -0.216. The second kappa shape index (κ2) is 7.22. The van der Waals surface area contributed by atoms with E-state index in [1.54, 1.807) is 0 Å². The van der Waals surface area contributed by atoms with E-state index in [9.17, 15) is 13.2 Å². The van der Waals surface area contributed by atoms with Gasteiger partial charge in [0.2, 0.25) is 10.0 Å². The Bertz CT molecular complexity index is 512. The van der Waals surface area contributed by atoms with E-state index in [1.807, 2.05) is 6.92 Å². The molecule has 0 radical (unpaired) electrons. The van der Waals surface area contributed by atoms with Crippen LogP contribution in [0, 0.1) is 0 Å². The molecule has 1 rings (SSSR count). The zero-order valence-corrected chi connectivity index (χ0v) is 11.9. The molecule has 0 aromatic heterocycles. The molecule has 0 aliphatic rings. The van der Waals surface area contributed by atoms with E-state index in [0.717, 1.165) is 6.54 Å². The van der Waals surface area contributed by atoms with Crippen molar-refractivity contribution in [3.8, 4) is 0 Å². The number of carbonyl (C=O) groups excluding carboxylic acids is 1. The number of rotatable bonds is 7. The van der Waals surface area contributed by atoms with Gasteiger partial charge < -0.3 is 10.6 Å². The molecular formula is C12H19N3O3S. The number of sulfonamides is 1. The highest BCUT2D eigenvalue weighted by Gasteiger charge is 2.12. The molecule has 0 saturated carbocycles. The van der Waals surface area contributed by atoms with Crippen molar-refractivity contribution in [3.05, 3.63) is 29.8 Å².